The average molecular weight is 663 g/mol. The minimum absolute atomic E-state index is 0.0725. The van der Waals surface area contributed by atoms with Gasteiger partial charge in [0.05, 0.1) is 0 Å². The van der Waals surface area contributed by atoms with Crippen LogP contribution in [0.4, 0.5) is 0 Å². The second kappa shape index (κ2) is 10.8. The molecule has 1 heteroatoms. The van der Waals surface area contributed by atoms with Crippen LogP contribution in [-0.2, 0) is 5.41 Å². The molecule has 0 aliphatic heterocycles. The number of fused-ring (bicyclic) bond motifs is 10. The molecular formula is C51H34O. The van der Waals surface area contributed by atoms with Crippen molar-refractivity contribution in [2.45, 2.75) is 19.3 Å². The first kappa shape index (κ1) is 29.3. The molecule has 0 amide bonds. The van der Waals surface area contributed by atoms with Gasteiger partial charge in [0.2, 0.25) is 0 Å². The molecule has 9 aromatic carbocycles. The molecule has 0 atom stereocenters. The van der Waals surface area contributed by atoms with Gasteiger partial charge in [-0.15, -0.1) is 0 Å². The van der Waals surface area contributed by atoms with Crippen molar-refractivity contribution in [3.8, 4) is 44.5 Å². The molecule has 1 aromatic heterocycles. The monoisotopic (exact) mass is 662 g/mol. The Morgan fingerprint density at radius 3 is 1.62 bits per heavy atom. The van der Waals surface area contributed by atoms with Crippen LogP contribution in [0.15, 0.2) is 174 Å². The predicted molar refractivity (Wildman–Crippen MR) is 220 cm³/mol. The zero-order valence-corrected chi connectivity index (χ0v) is 29.1. The number of hydrogen-bond acceptors (Lipinski definition) is 1. The van der Waals surface area contributed by atoms with Gasteiger partial charge >= 0.3 is 0 Å². The molecule has 52 heavy (non-hydrogen) atoms. The summed E-state index contributed by atoms with van der Waals surface area (Å²) in [5, 5.41) is 9.82. The normalized spacial score (nSPS) is 13.3. The molecule has 1 aliphatic rings. The first-order valence-corrected chi connectivity index (χ1v) is 18.2. The molecule has 0 bridgehead atoms. The van der Waals surface area contributed by atoms with Crippen LogP contribution in [0.5, 0.6) is 0 Å². The average Bonchev–Trinajstić information content (AvgIpc) is 3.69. The molecule has 0 saturated heterocycles. The third kappa shape index (κ3) is 3.99. The Hall–Kier alpha value is -6.44. The van der Waals surface area contributed by atoms with E-state index in [9.17, 15) is 0 Å². The number of hydrogen-bond donors (Lipinski definition) is 0. The van der Waals surface area contributed by atoms with E-state index >= 15 is 0 Å². The highest BCUT2D eigenvalue weighted by Crippen LogP contribution is 2.54. The molecule has 0 fully saturated rings. The maximum absolute atomic E-state index is 6.60. The molecule has 1 nitrogen and oxygen atoms in total. The molecular weight excluding hydrogens is 629 g/mol. The zero-order valence-electron chi connectivity index (χ0n) is 29.1. The highest BCUT2D eigenvalue weighted by Gasteiger charge is 2.37. The molecule has 0 saturated carbocycles. The van der Waals surface area contributed by atoms with E-state index in [0.717, 1.165) is 27.5 Å². The number of para-hydroxylation sites is 2. The summed E-state index contributed by atoms with van der Waals surface area (Å²) < 4.78 is 6.60. The molecule has 244 valence electrons. The molecule has 1 heterocycles. The summed E-state index contributed by atoms with van der Waals surface area (Å²) >= 11 is 0. The van der Waals surface area contributed by atoms with Gasteiger partial charge in [-0.25, -0.2) is 0 Å². The van der Waals surface area contributed by atoms with Crippen LogP contribution in [0.25, 0.3) is 98.8 Å². The van der Waals surface area contributed by atoms with E-state index in [4.69, 9.17) is 4.42 Å². The van der Waals surface area contributed by atoms with Gasteiger partial charge in [0.1, 0.15) is 11.2 Å². The lowest BCUT2D eigenvalue weighted by molar-refractivity contribution is 0.661. The van der Waals surface area contributed by atoms with Crippen LogP contribution < -0.4 is 0 Å². The third-order valence-electron chi connectivity index (χ3n) is 11.7. The predicted octanol–water partition coefficient (Wildman–Crippen LogP) is 14.4. The van der Waals surface area contributed by atoms with Crippen LogP contribution >= 0.6 is 0 Å². The SMILES string of the molecule is CC1(C)c2cccc(-c3ccc(-c4c5ccccc5c(-c5cccc6c5oc5ccccc56)c5ccccc45)cc3)c2-c2c1ccc1ccccc21. The Kier molecular flexibility index (Phi) is 6.08. The van der Waals surface area contributed by atoms with Crippen molar-refractivity contribution >= 4 is 54.3 Å². The van der Waals surface area contributed by atoms with Gasteiger partial charge < -0.3 is 4.42 Å². The van der Waals surface area contributed by atoms with Crippen molar-refractivity contribution in [3.05, 3.63) is 181 Å². The summed E-state index contributed by atoms with van der Waals surface area (Å²) in [6.45, 7) is 4.74. The molecule has 10 aromatic rings. The van der Waals surface area contributed by atoms with E-state index in [1.54, 1.807) is 0 Å². The molecule has 0 unspecified atom stereocenters. The number of furan rings is 1. The minimum atomic E-state index is -0.0725. The Morgan fingerprint density at radius 1 is 0.346 bits per heavy atom. The fourth-order valence-electron chi connectivity index (χ4n) is 9.28. The standard InChI is InChI=1S/C51H34O/c1-51(2)43-23-12-20-35(48(43)49-34-14-4-3-13-31(34)29-30-44(49)51)32-25-27-33(28-26-32)46-37-16-5-7-18-39(37)47(40-19-8-6-17-38(40)46)42-22-11-21-41-36-15-9-10-24-45(36)52-50(41)42/h3-30H,1-2H3. The van der Waals surface area contributed by atoms with Gasteiger partial charge in [0.25, 0.3) is 0 Å². The highest BCUT2D eigenvalue weighted by atomic mass is 16.3. The topological polar surface area (TPSA) is 13.1 Å². The van der Waals surface area contributed by atoms with Gasteiger partial charge in [-0.3, -0.25) is 0 Å². The van der Waals surface area contributed by atoms with Crippen LogP contribution in [0.2, 0.25) is 0 Å². The number of benzene rings is 9. The van der Waals surface area contributed by atoms with Gasteiger partial charge in [-0.05, 0) is 82.9 Å². The summed E-state index contributed by atoms with van der Waals surface area (Å²) in [4.78, 5) is 0. The van der Waals surface area contributed by atoms with Gasteiger partial charge in [-0.2, -0.15) is 0 Å². The van der Waals surface area contributed by atoms with Crippen LogP contribution in [0, 0.1) is 0 Å². The fourth-order valence-corrected chi connectivity index (χ4v) is 9.28. The van der Waals surface area contributed by atoms with E-state index in [0.29, 0.717) is 0 Å². The van der Waals surface area contributed by atoms with Crippen molar-refractivity contribution in [1.82, 2.24) is 0 Å². The van der Waals surface area contributed by atoms with E-state index in [1.807, 2.05) is 6.07 Å². The maximum Gasteiger partial charge on any atom is 0.143 e. The van der Waals surface area contributed by atoms with Crippen molar-refractivity contribution in [2.24, 2.45) is 0 Å². The summed E-state index contributed by atoms with van der Waals surface area (Å²) in [6.07, 6.45) is 0. The smallest absolute Gasteiger partial charge is 0.143 e. The molecule has 1 aliphatic carbocycles. The Bertz CT molecular complexity index is 3030. The van der Waals surface area contributed by atoms with Crippen LogP contribution in [0.1, 0.15) is 25.0 Å². The Morgan fingerprint density at radius 2 is 0.885 bits per heavy atom. The van der Waals surface area contributed by atoms with Gasteiger partial charge in [0, 0.05) is 27.3 Å². The van der Waals surface area contributed by atoms with Gasteiger partial charge in [0.15, 0.2) is 0 Å². The molecule has 0 radical (unpaired) electrons. The highest BCUT2D eigenvalue weighted by molar-refractivity contribution is 6.24. The van der Waals surface area contributed by atoms with Crippen molar-refractivity contribution < 1.29 is 4.42 Å². The van der Waals surface area contributed by atoms with E-state index < -0.39 is 0 Å². The van der Waals surface area contributed by atoms with E-state index in [2.05, 4.69) is 178 Å². The quantitative estimate of drug-likeness (QED) is 0.172. The summed E-state index contributed by atoms with van der Waals surface area (Å²) in [5.41, 5.74) is 14.7. The van der Waals surface area contributed by atoms with E-state index in [1.165, 1.54) is 82.4 Å². The van der Waals surface area contributed by atoms with Crippen LogP contribution in [-0.4, -0.2) is 0 Å². The van der Waals surface area contributed by atoms with Crippen molar-refractivity contribution in [1.29, 1.82) is 0 Å². The van der Waals surface area contributed by atoms with Crippen LogP contribution in [0.3, 0.4) is 0 Å². The lowest BCUT2D eigenvalue weighted by atomic mass is 9.81. The lowest BCUT2D eigenvalue weighted by Gasteiger charge is -2.21. The summed E-state index contributed by atoms with van der Waals surface area (Å²) in [5.74, 6) is 0. The number of rotatable bonds is 3. The lowest BCUT2D eigenvalue weighted by Crippen LogP contribution is -2.14. The zero-order chi connectivity index (χ0) is 34.6. The fraction of sp³-hybridized carbons (Fsp3) is 0.0588. The first-order valence-electron chi connectivity index (χ1n) is 18.2. The second-order valence-corrected chi connectivity index (χ2v) is 14.8. The Labute approximate surface area is 302 Å². The largest absolute Gasteiger partial charge is 0.455 e. The maximum atomic E-state index is 6.60. The molecule has 0 spiro atoms. The third-order valence-corrected chi connectivity index (χ3v) is 11.7. The first-order chi connectivity index (χ1) is 25.6. The van der Waals surface area contributed by atoms with Crippen molar-refractivity contribution in [3.63, 3.8) is 0 Å². The van der Waals surface area contributed by atoms with E-state index in [-0.39, 0.29) is 5.41 Å². The van der Waals surface area contributed by atoms with Gasteiger partial charge in [-0.1, -0.05) is 178 Å². The molecule has 11 rings (SSSR count). The van der Waals surface area contributed by atoms with Crippen molar-refractivity contribution in [2.75, 3.05) is 0 Å². The molecule has 0 N–H and O–H groups in total. The summed E-state index contributed by atoms with van der Waals surface area (Å²) in [6, 6.07) is 62.3. The summed E-state index contributed by atoms with van der Waals surface area (Å²) in [7, 11) is 0. The second-order valence-electron chi connectivity index (χ2n) is 14.8. The minimum Gasteiger partial charge on any atom is -0.455 e. The Balaban J connectivity index is 1.12.